The molecule has 0 spiro atoms. The van der Waals surface area contributed by atoms with Gasteiger partial charge in [-0.25, -0.2) is 4.98 Å². The molecule has 21 heavy (non-hydrogen) atoms. The van der Waals surface area contributed by atoms with Gasteiger partial charge < -0.3 is 5.32 Å². The molecule has 116 valence electrons. The van der Waals surface area contributed by atoms with E-state index < -0.39 is 22.5 Å². The van der Waals surface area contributed by atoms with Crippen LogP contribution in [0.4, 0.5) is 24.5 Å². The first-order valence-corrected chi connectivity index (χ1v) is 6.37. The molecule has 0 aromatic carbocycles. The molecule has 1 aliphatic rings. The van der Waals surface area contributed by atoms with Gasteiger partial charge in [-0.2, -0.15) is 13.2 Å². The number of hydrogen-bond acceptors (Lipinski definition) is 4. The van der Waals surface area contributed by atoms with E-state index in [4.69, 9.17) is 0 Å². The van der Waals surface area contributed by atoms with Crippen molar-refractivity contribution in [2.75, 3.05) is 5.32 Å². The van der Waals surface area contributed by atoms with Crippen LogP contribution < -0.4 is 5.32 Å². The number of pyridine rings is 1. The number of nitro groups is 1. The van der Waals surface area contributed by atoms with Gasteiger partial charge in [-0.1, -0.05) is 27.7 Å². The van der Waals surface area contributed by atoms with Crippen LogP contribution >= 0.6 is 0 Å². The summed E-state index contributed by atoms with van der Waals surface area (Å²) >= 11 is 0. The normalized spacial score (nSPS) is 20.1. The number of rotatable bonds is 3. The summed E-state index contributed by atoms with van der Waals surface area (Å²) in [6.07, 6.45) is -3.99. The fourth-order valence-corrected chi connectivity index (χ4v) is 2.58. The molecular weight excluding hydrogens is 287 g/mol. The zero-order chi connectivity index (χ0) is 16.2. The first kappa shape index (κ1) is 15.5. The molecule has 0 amide bonds. The lowest BCUT2D eigenvalue weighted by atomic mass is 10.0. The summed E-state index contributed by atoms with van der Waals surface area (Å²) in [5.41, 5.74) is -2.08. The van der Waals surface area contributed by atoms with Gasteiger partial charge in [0, 0.05) is 6.04 Å². The molecule has 0 radical (unpaired) electrons. The number of halogens is 3. The maximum absolute atomic E-state index is 12.7. The SMILES string of the molecule is CC1(C)C(Nc2cc(C(F)(F)F)ncc2[N+](=O)[O-])C1(C)C. The summed E-state index contributed by atoms with van der Waals surface area (Å²) in [6, 6.07) is 0.551. The van der Waals surface area contributed by atoms with Crippen LogP contribution in [0.5, 0.6) is 0 Å². The van der Waals surface area contributed by atoms with Crippen molar-refractivity contribution < 1.29 is 18.1 Å². The van der Waals surface area contributed by atoms with Crippen LogP contribution in [0.2, 0.25) is 0 Å². The quantitative estimate of drug-likeness (QED) is 0.680. The molecule has 5 nitrogen and oxygen atoms in total. The highest BCUT2D eigenvalue weighted by molar-refractivity contribution is 5.63. The molecule has 0 bridgehead atoms. The maximum atomic E-state index is 12.7. The van der Waals surface area contributed by atoms with E-state index in [2.05, 4.69) is 10.3 Å². The summed E-state index contributed by atoms with van der Waals surface area (Å²) in [6.45, 7) is 7.84. The van der Waals surface area contributed by atoms with E-state index in [0.717, 1.165) is 0 Å². The maximum Gasteiger partial charge on any atom is 0.433 e. The van der Waals surface area contributed by atoms with Crippen LogP contribution in [0.3, 0.4) is 0 Å². The third-order valence-electron chi connectivity index (χ3n) is 4.69. The molecule has 0 saturated heterocycles. The Hall–Kier alpha value is -1.86. The molecule has 0 aliphatic heterocycles. The van der Waals surface area contributed by atoms with Gasteiger partial charge >= 0.3 is 11.9 Å². The molecule has 0 unspecified atom stereocenters. The van der Waals surface area contributed by atoms with Gasteiger partial charge in [0.05, 0.1) is 4.92 Å². The Labute approximate surface area is 119 Å². The van der Waals surface area contributed by atoms with Crippen LogP contribution in [-0.2, 0) is 6.18 Å². The minimum absolute atomic E-state index is 0.146. The lowest BCUT2D eigenvalue weighted by molar-refractivity contribution is -0.384. The Morgan fingerprint density at radius 3 is 2.19 bits per heavy atom. The zero-order valence-electron chi connectivity index (χ0n) is 12.1. The number of nitrogens with zero attached hydrogens (tertiary/aromatic N) is 2. The second-order valence-corrected chi connectivity index (χ2v) is 6.36. The number of hydrogen-bond donors (Lipinski definition) is 1. The van der Waals surface area contributed by atoms with Crippen LogP contribution in [0.1, 0.15) is 33.4 Å². The van der Waals surface area contributed by atoms with E-state index in [9.17, 15) is 23.3 Å². The van der Waals surface area contributed by atoms with Crippen LogP contribution in [0, 0.1) is 20.9 Å². The minimum atomic E-state index is -4.64. The fraction of sp³-hybridized carbons (Fsp3) is 0.615. The predicted molar refractivity (Wildman–Crippen MR) is 70.9 cm³/mol. The molecule has 1 N–H and O–H groups in total. The predicted octanol–water partition coefficient (Wildman–Crippen LogP) is 3.86. The molecule has 1 fully saturated rings. The summed E-state index contributed by atoms with van der Waals surface area (Å²) in [4.78, 5) is 13.3. The highest BCUT2D eigenvalue weighted by atomic mass is 19.4. The van der Waals surface area contributed by atoms with Gasteiger partial charge in [-0.3, -0.25) is 10.1 Å². The highest BCUT2D eigenvalue weighted by Gasteiger charge is 2.65. The second-order valence-electron chi connectivity index (χ2n) is 6.36. The average Bonchev–Trinajstić information content (AvgIpc) is 2.70. The molecule has 1 aromatic rings. The third kappa shape index (κ3) is 2.43. The van der Waals surface area contributed by atoms with Crippen molar-refractivity contribution in [2.45, 2.75) is 39.9 Å². The fourth-order valence-electron chi connectivity index (χ4n) is 2.58. The van der Waals surface area contributed by atoms with Crippen molar-refractivity contribution in [3.05, 3.63) is 28.1 Å². The first-order chi connectivity index (χ1) is 9.39. The molecule has 1 aliphatic carbocycles. The number of aromatic nitrogens is 1. The lowest BCUT2D eigenvalue weighted by Crippen LogP contribution is -2.14. The zero-order valence-corrected chi connectivity index (χ0v) is 12.1. The largest absolute Gasteiger partial charge is 0.433 e. The van der Waals surface area contributed by atoms with Crippen LogP contribution in [0.25, 0.3) is 0 Å². The monoisotopic (exact) mass is 303 g/mol. The second kappa shape index (κ2) is 4.32. The standard InChI is InChI=1S/C13H16F3N3O2/c1-11(2)10(12(11,3)4)18-7-5-9(13(14,15)16)17-6-8(7)19(20)21/h5-6,10H,1-4H3,(H,17,18). The molecule has 2 rings (SSSR count). The highest BCUT2D eigenvalue weighted by Crippen LogP contribution is 2.64. The van der Waals surface area contributed by atoms with E-state index in [-0.39, 0.29) is 22.6 Å². The Morgan fingerprint density at radius 2 is 1.81 bits per heavy atom. The number of anilines is 1. The van der Waals surface area contributed by atoms with Crippen LogP contribution in [-0.4, -0.2) is 15.9 Å². The van der Waals surface area contributed by atoms with Crippen molar-refractivity contribution >= 4 is 11.4 Å². The van der Waals surface area contributed by atoms with Crippen LogP contribution in [0.15, 0.2) is 12.3 Å². The average molecular weight is 303 g/mol. The first-order valence-electron chi connectivity index (χ1n) is 6.37. The van der Waals surface area contributed by atoms with Gasteiger partial charge in [0.1, 0.15) is 17.6 Å². The molecule has 1 heterocycles. The Morgan fingerprint density at radius 1 is 1.29 bits per heavy atom. The van der Waals surface area contributed by atoms with Gasteiger partial charge in [-0.15, -0.1) is 0 Å². The third-order valence-corrected chi connectivity index (χ3v) is 4.69. The van der Waals surface area contributed by atoms with E-state index in [1.54, 1.807) is 0 Å². The molecule has 0 atom stereocenters. The van der Waals surface area contributed by atoms with Gasteiger partial charge in [0.15, 0.2) is 0 Å². The van der Waals surface area contributed by atoms with Crippen molar-refractivity contribution in [1.29, 1.82) is 0 Å². The summed E-state index contributed by atoms with van der Waals surface area (Å²) in [7, 11) is 0. The molecule has 1 aromatic heterocycles. The van der Waals surface area contributed by atoms with Crippen molar-refractivity contribution in [1.82, 2.24) is 4.98 Å². The molecule has 8 heteroatoms. The van der Waals surface area contributed by atoms with Gasteiger partial charge in [0.25, 0.3) is 0 Å². The summed E-state index contributed by atoms with van der Waals surface area (Å²) < 4.78 is 38.1. The Balaban J connectivity index is 2.40. The van der Waals surface area contributed by atoms with Gasteiger partial charge in [-0.05, 0) is 16.9 Å². The van der Waals surface area contributed by atoms with E-state index in [1.807, 2.05) is 27.7 Å². The molecular formula is C13H16F3N3O2. The summed E-state index contributed by atoms with van der Waals surface area (Å²) in [5, 5.41) is 13.8. The molecule has 1 saturated carbocycles. The van der Waals surface area contributed by atoms with E-state index in [0.29, 0.717) is 12.3 Å². The summed E-state index contributed by atoms with van der Waals surface area (Å²) in [5.74, 6) is 0. The van der Waals surface area contributed by atoms with Crippen molar-refractivity contribution in [3.8, 4) is 0 Å². The van der Waals surface area contributed by atoms with E-state index >= 15 is 0 Å². The Bertz CT molecular complexity index is 583. The number of nitrogens with one attached hydrogen (secondary N) is 1. The Kier molecular flexibility index (Phi) is 3.19. The topological polar surface area (TPSA) is 68.1 Å². The number of alkyl halides is 3. The minimum Gasteiger partial charge on any atom is -0.376 e. The van der Waals surface area contributed by atoms with E-state index in [1.165, 1.54) is 0 Å². The van der Waals surface area contributed by atoms with Crippen molar-refractivity contribution in [2.24, 2.45) is 10.8 Å². The van der Waals surface area contributed by atoms with Gasteiger partial charge in [0.2, 0.25) is 0 Å². The lowest BCUT2D eigenvalue weighted by Gasteiger charge is -2.11. The van der Waals surface area contributed by atoms with Crippen molar-refractivity contribution in [3.63, 3.8) is 0 Å². The smallest absolute Gasteiger partial charge is 0.376 e.